The van der Waals surface area contributed by atoms with Gasteiger partial charge in [0.05, 0.1) is 0 Å². The molecular weight excluding hydrogens is 348 g/mol. The number of aryl methyl sites for hydroxylation is 2. The maximum absolute atomic E-state index is 4.38. The fourth-order valence-electron chi connectivity index (χ4n) is 2.55. The van der Waals surface area contributed by atoms with Gasteiger partial charge < -0.3 is 0 Å². The molecule has 3 heteroatoms. The molecule has 0 aliphatic heterocycles. The van der Waals surface area contributed by atoms with E-state index in [0.29, 0.717) is 5.92 Å². The number of rotatable bonds is 0. The molecule has 0 atom stereocenters. The van der Waals surface area contributed by atoms with E-state index in [4.69, 9.17) is 0 Å². The van der Waals surface area contributed by atoms with Gasteiger partial charge in [-0.25, -0.2) is 9.97 Å². The molecule has 0 amide bonds. The average Bonchev–Trinajstić information content (AvgIpc) is 2.54. The lowest BCUT2D eigenvalue weighted by Crippen LogP contribution is -2.03. The summed E-state index contributed by atoms with van der Waals surface area (Å²) in [4.78, 5) is 8.47. The Morgan fingerprint density at radius 3 is 2.13 bits per heavy atom. The Kier molecular flexibility index (Phi) is 7.29. The SMILES string of the molecule is Cc1cccc(Br)n1.Cc1cccc(C#CC2CCCCC2)n1. The van der Waals surface area contributed by atoms with Crippen LogP contribution >= 0.6 is 15.9 Å². The molecule has 0 spiro atoms. The Bertz CT molecular complexity index is 662. The third-order valence-corrected chi connectivity index (χ3v) is 4.19. The highest BCUT2D eigenvalue weighted by atomic mass is 79.9. The fraction of sp³-hybridized carbons (Fsp3) is 0.400. The first-order chi connectivity index (χ1) is 11.1. The van der Waals surface area contributed by atoms with Crippen molar-refractivity contribution in [1.82, 2.24) is 9.97 Å². The first-order valence-corrected chi connectivity index (χ1v) is 8.97. The van der Waals surface area contributed by atoms with Crippen molar-refractivity contribution >= 4 is 15.9 Å². The average molecular weight is 371 g/mol. The number of halogens is 1. The summed E-state index contributed by atoms with van der Waals surface area (Å²) in [6.07, 6.45) is 6.64. The van der Waals surface area contributed by atoms with Crippen molar-refractivity contribution in [3.8, 4) is 11.8 Å². The van der Waals surface area contributed by atoms with Gasteiger partial charge in [0.1, 0.15) is 10.3 Å². The van der Waals surface area contributed by atoms with E-state index >= 15 is 0 Å². The van der Waals surface area contributed by atoms with Crippen molar-refractivity contribution in [3.05, 3.63) is 58.1 Å². The van der Waals surface area contributed by atoms with Gasteiger partial charge in [0, 0.05) is 17.3 Å². The van der Waals surface area contributed by atoms with Gasteiger partial charge >= 0.3 is 0 Å². The minimum absolute atomic E-state index is 0.612. The highest BCUT2D eigenvalue weighted by molar-refractivity contribution is 9.10. The third kappa shape index (κ3) is 6.97. The van der Waals surface area contributed by atoms with E-state index in [9.17, 15) is 0 Å². The molecule has 2 nitrogen and oxygen atoms in total. The van der Waals surface area contributed by atoms with E-state index in [1.54, 1.807) is 0 Å². The van der Waals surface area contributed by atoms with Crippen LogP contribution in [0.4, 0.5) is 0 Å². The third-order valence-electron chi connectivity index (χ3n) is 3.75. The standard InChI is InChI=1S/C14H17N.C6H6BrN/c1-12-6-5-9-14(15-12)11-10-13-7-3-2-4-8-13;1-5-3-2-4-6(7)8-5/h5-6,9,13H,2-4,7-8H2,1H3;2-4H,1H3. The van der Waals surface area contributed by atoms with Gasteiger partial charge in [-0.1, -0.05) is 37.3 Å². The Balaban J connectivity index is 0.000000203. The van der Waals surface area contributed by atoms with E-state index in [2.05, 4.69) is 37.7 Å². The molecule has 120 valence electrons. The number of hydrogen-bond acceptors (Lipinski definition) is 2. The van der Waals surface area contributed by atoms with E-state index in [0.717, 1.165) is 21.7 Å². The van der Waals surface area contributed by atoms with Crippen LogP contribution in [0.5, 0.6) is 0 Å². The number of nitrogens with zero attached hydrogens (tertiary/aromatic N) is 2. The van der Waals surface area contributed by atoms with E-state index in [1.807, 2.05) is 50.2 Å². The molecule has 0 aromatic carbocycles. The second-order valence-corrected chi connectivity index (χ2v) is 6.68. The van der Waals surface area contributed by atoms with Gasteiger partial charge in [-0.2, -0.15) is 0 Å². The van der Waals surface area contributed by atoms with Gasteiger partial charge in [-0.3, -0.25) is 0 Å². The van der Waals surface area contributed by atoms with E-state index in [-0.39, 0.29) is 0 Å². The Labute approximate surface area is 147 Å². The van der Waals surface area contributed by atoms with Crippen molar-refractivity contribution in [2.45, 2.75) is 46.0 Å². The number of pyridine rings is 2. The second-order valence-electron chi connectivity index (χ2n) is 5.87. The molecule has 2 heterocycles. The Morgan fingerprint density at radius 2 is 1.57 bits per heavy atom. The summed E-state index contributed by atoms with van der Waals surface area (Å²) in [6.45, 7) is 3.97. The zero-order valence-electron chi connectivity index (χ0n) is 13.8. The van der Waals surface area contributed by atoms with Crippen LogP contribution in [0.25, 0.3) is 0 Å². The molecule has 1 aliphatic carbocycles. The molecule has 1 aliphatic rings. The van der Waals surface area contributed by atoms with Crippen LogP contribution in [0.2, 0.25) is 0 Å². The first kappa shape index (κ1) is 17.7. The predicted molar refractivity (Wildman–Crippen MR) is 99.1 cm³/mol. The molecule has 0 radical (unpaired) electrons. The van der Waals surface area contributed by atoms with E-state index < -0.39 is 0 Å². The molecule has 0 N–H and O–H groups in total. The zero-order chi connectivity index (χ0) is 16.5. The van der Waals surface area contributed by atoms with Gasteiger partial charge in [0.15, 0.2) is 0 Å². The van der Waals surface area contributed by atoms with Gasteiger partial charge in [-0.05, 0) is 72.8 Å². The lowest BCUT2D eigenvalue weighted by atomic mass is 9.90. The largest absolute Gasteiger partial charge is 0.246 e. The van der Waals surface area contributed by atoms with Crippen LogP contribution in [-0.2, 0) is 0 Å². The molecule has 1 saturated carbocycles. The summed E-state index contributed by atoms with van der Waals surface area (Å²) < 4.78 is 0.900. The summed E-state index contributed by atoms with van der Waals surface area (Å²) in [6, 6.07) is 11.9. The first-order valence-electron chi connectivity index (χ1n) is 8.18. The van der Waals surface area contributed by atoms with Gasteiger partial charge in [-0.15, -0.1) is 0 Å². The van der Waals surface area contributed by atoms with Crippen LogP contribution in [0.1, 0.15) is 49.2 Å². The van der Waals surface area contributed by atoms with Crippen molar-refractivity contribution < 1.29 is 0 Å². The molecule has 1 fully saturated rings. The van der Waals surface area contributed by atoms with Crippen molar-refractivity contribution in [1.29, 1.82) is 0 Å². The molecule has 2 aromatic heterocycles. The summed E-state index contributed by atoms with van der Waals surface area (Å²) >= 11 is 3.25. The zero-order valence-corrected chi connectivity index (χ0v) is 15.4. The lowest BCUT2D eigenvalue weighted by molar-refractivity contribution is 0.430. The molecule has 0 bridgehead atoms. The van der Waals surface area contributed by atoms with Gasteiger partial charge in [0.2, 0.25) is 0 Å². The minimum atomic E-state index is 0.612. The smallest absolute Gasteiger partial charge is 0.113 e. The molecule has 0 unspecified atom stereocenters. The second kappa shape index (κ2) is 9.47. The quantitative estimate of drug-likeness (QED) is 0.453. The summed E-state index contributed by atoms with van der Waals surface area (Å²) in [5, 5.41) is 0. The van der Waals surface area contributed by atoms with Crippen LogP contribution in [-0.4, -0.2) is 9.97 Å². The molecule has 2 aromatic rings. The number of hydrogen-bond donors (Lipinski definition) is 0. The Hall–Kier alpha value is -1.66. The number of aromatic nitrogens is 2. The highest BCUT2D eigenvalue weighted by Crippen LogP contribution is 2.22. The van der Waals surface area contributed by atoms with Crippen LogP contribution in [0.3, 0.4) is 0 Å². The van der Waals surface area contributed by atoms with Crippen molar-refractivity contribution in [2.24, 2.45) is 5.92 Å². The van der Waals surface area contributed by atoms with Gasteiger partial charge in [0.25, 0.3) is 0 Å². The summed E-state index contributed by atoms with van der Waals surface area (Å²) in [5.41, 5.74) is 3.00. The Morgan fingerprint density at radius 1 is 0.913 bits per heavy atom. The normalized spacial score (nSPS) is 14.2. The van der Waals surface area contributed by atoms with Crippen molar-refractivity contribution in [2.75, 3.05) is 0 Å². The van der Waals surface area contributed by atoms with Crippen LogP contribution < -0.4 is 0 Å². The molecule has 0 saturated heterocycles. The summed E-state index contributed by atoms with van der Waals surface area (Å²) in [5.74, 6) is 7.16. The fourth-order valence-corrected chi connectivity index (χ4v) is 2.98. The molecule has 23 heavy (non-hydrogen) atoms. The summed E-state index contributed by atoms with van der Waals surface area (Å²) in [7, 11) is 0. The highest BCUT2D eigenvalue weighted by Gasteiger charge is 2.09. The minimum Gasteiger partial charge on any atom is -0.246 e. The lowest BCUT2D eigenvalue weighted by Gasteiger charge is -2.15. The molecule has 3 rings (SSSR count). The maximum atomic E-state index is 4.38. The molecular formula is C20H23BrN2. The maximum Gasteiger partial charge on any atom is 0.113 e. The van der Waals surface area contributed by atoms with E-state index in [1.165, 1.54) is 32.1 Å². The topological polar surface area (TPSA) is 25.8 Å². The van der Waals surface area contributed by atoms with Crippen LogP contribution in [0.15, 0.2) is 41.0 Å². The van der Waals surface area contributed by atoms with Crippen LogP contribution in [0, 0.1) is 31.6 Å². The predicted octanol–water partition coefficient (Wildman–Crippen LogP) is 5.47. The monoisotopic (exact) mass is 370 g/mol. The van der Waals surface area contributed by atoms with Crippen molar-refractivity contribution in [3.63, 3.8) is 0 Å².